The first kappa shape index (κ1) is 40.8. The van der Waals surface area contributed by atoms with Crippen LogP contribution in [0.25, 0.3) is 22.3 Å². The lowest BCUT2D eigenvalue weighted by Crippen LogP contribution is -2.36. The van der Waals surface area contributed by atoms with Crippen LogP contribution in [0.5, 0.6) is 11.5 Å². The molecule has 9 nitrogen and oxygen atoms in total. The van der Waals surface area contributed by atoms with Crippen LogP contribution in [0.1, 0.15) is 19.8 Å². The lowest BCUT2D eigenvalue weighted by Gasteiger charge is -2.24. The smallest absolute Gasteiger partial charge is 0.340 e. The zero-order valence-corrected chi connectivity index (χ0v) is 32.0. The van der Waals surface area contributed by atoms with Crippen molar-refractivity contribution in [2.24, 2.45) is 11.8 Å². The zero-order chi connectivity index (χ0) is 37.0. The summed E-state index contributed by atoms with van der Waals surface area (Å²) < 4.78 is 32.8. The Morgan fingerprint density at radius 2 is 1.16 bits per heavy atom. The molecular formula is C40H46O9SSi. The van der Waals surface area contributed by atoms with Gasteiger partial charge in [-0.3, -0.25) is 9.59 Å². The fourth-order valence-electron chi connectivity index (χ4n) is 5.12. The fraction of sp³-hybridized carbons (Fsp3) is 0.275. The molecule has 0 aliphatic heterocycles. The van der Waals surface area contributed by atoms with E-state index in [4.69, 9.17) is 23.4 Å². The zero-order valence-electron chi connectivity index (χ0n) is 29.7. The van der Waals surface area contributed by atoms with Crippen LogP contribution in [-0.2, 0) is 33.0 Å². The highest BCUT2D eigenvalue weighted by Gasteiger charge is 2.34. The minimum Gasteiger partial charge on any atom is -0.469 e. The first-order valence-corrected chi connectivity index (χ1v) is 20.1. The van der Waals surface area contributed by atoms with Crippen molar-refractivity contribution in [1.29, 1.82) is 0 Å². The molecule has 4 atom stereocenters. The quantitative estimate of drug-likeness (QED) is 0.0530. The molecule has 4 rings (SSSR count). The lowest BCUT2D eigenvalue weighted by atomic mass is 9.90. The third kappa shape index (κ3) is 12.9. The van der Waals surface area contributed by atoms with Crippen molar-refractivity contribution in [2.45, 2.75) is 25.9 Å². The van der Waals surface area contributed by atoms with Crippen LogP contribution in [0, 0.1) is 11.8 Å². The largest absolute Gasteiger partial charge is 0.469 e. The van der Waals surface area contributed by atoms with Gasteiger partial charge in [0.2, 0.25) is 8.91 Å². The fourth-order valence-corrected chi connectivity index (χ4v) is 7.56. The van der Waals surface area contributed by atoms with Crippen LogP contribution >= 0.6 is 9.93 Å². The van der Waals surface area contributed by atoms with Gasteiger partial charge in [-0.2, -0.15) is 0 Å². The van der Waals surface area contributed by atoms with E-state index in [-0.39, 0.29) is 18.8 Å². The number of benzene rings is 4. The van der Waals surface area contributed by atoms with Crippen molar-refractivity contribution >= 4 is 41.8 Å². The molecule has 0 heterocycles. The summed E-state index contributed by atoms with van der Waals surface area (Å²) in [7, 11) is 4.59. The van der Waals surface area contributed by atoms with Gasteiger partial charge in [-0.1, -0.05) is 111 Å². The Kier molecular flexibility index (Phi) is 17.8. The molecule has 0 amide bonds. The van der Waals surface area contributed by atoms with E-state index >= 15 is 0 Å². The molecule has 0 saturated carbocycles. The summed E-state index contributed by atoms with van der Waals surface area (Å²) >= 11 is 0. The summed E-state index contributed by atoms with van der Waals surface area (Å²) in [5, 5.41) is 2.95. The minimum absolute atomic E-state index is 0.0544. The second-order valence-corrected chi connectivity index (χ2v) is 16.5. The molecule has 0 bridgehead atoms. The molecule has 4 unspecified atom stereocenters. The number of methoxy groups -OCH3 is 2. The monoisotopic (exact) mass is 730 g/mol. The summed E-state index contributed by atoms with van der Waals surface area (Å²) in [6, 6.07) is 33.6. The molecule has 4 aromatic rings. The van der Waals surface area contributed by atoms with Gasteiger partial charge in [-0.15, -0.1) is 15.0 Å². The number of ether oxygens (including phenoxy) is 5. The third-order valence-corrected chi connectivity index (χ3v) is 11.6. The topological polar surface area (TPSA) is 107 Å². The molecule has 0 N–H and O–H groups in total. The summed E-state index contributed by atoms with van der Waals surface area (Å²) in [5.74, 6) is -2.54. The van der Waals surface area contributed by atoms with Gasteiger partial charge in [0, 0.05) is 32.5 Å². The number of esters is 3. The molecule has 0 saturated heterocycles. The Morgan fingerprint density at radius 3 is 1.63 bits per heavy atom. The van der Waals surface area contributed by atoms with Crippen molar-refractivity contribution < 1.29 is 42.5 Å². The first-order valence-electron chi connectivity index (χ1n) is 16.3. The van der Waals surface area contributed by atoms with Crippen molar-refractivity contribution in [3.8, 4) is 33.8 Å². The van der Waals surface area contributed by atoms with E-state index in [0.29, 0.717) is 11.5 Å². The van der Waals surface area contributed by atoms with Crippen LogP contribution in [-0.4, -0.2) is 72.3 Å². The average Bonchev–Trinajstić information content (AvgIpc) is 3.16. The van der Waals surface area contributed by atoms with Crippen molar-refractivity contribution in [2.75, 3.05) is 34.4 Å². The number of hydrogen-bond acceptors (Lipinski definition) is 9. The van der Waals surface area contributed by atoms with Gasteiger partial charge in [-0.25, -0.2) is 4.79 Å². The highest BCUT2D eigenvalue weighted by Crippen LogP contribution is 2.33. The molecule has 0 spiro atoms. The highest BCUT2D eigenvalue weighted by molar-refractivity contribution is 8.34. The van der Waals surface area contributed by atoms with Gasteiger partial charge in [0.1, 0.15) is 11.5 Å². The number of carbonyl (C=O) groups is 3. The second kappa shape index (κ2) is 22.3. The van der Waals surface area contributed by atoms with E-state index in [2.05, 4.69) is 16.3 Å². The first-order chi connectivity index (χ1) is 24.8. The van der Waals surface area contributed by atoms with Crippen molar-refractivity contribution in [3.63, 3.8) is 0 Å². The molecule has 0 aliphatic carbocycles. The highest BCUT2D eigenvalue weighted by atomic mass is 32.4. The molecular weight excluding hydrogens is 685 g/mol. The minimum atomic E-state index is -1.19. The van der Waals surface area contributed by atoms with Gasteiger partial charge in [0.05, 0.1) is 24.9 Å². The van der Waals surface area contributed by atoms with E-state index in [9.17, 15) is 14.4 Å². The van der Waals surface area contributed by atoms with Crippen LogP contribution in [0.2, 0.25) is 0 Å². The molecule has 4 aromatic carbocycles. The SMILES string of the molecule is C=C=S(COC(CC(CC(C)C(=O)OC)C(=O)Oc1ccccc1-c1ccccc1)C(=O)Oc1ccccc1-c1ccccc1)[SiH2]OC.COC. The van der Waals surface area contributed by atoms with Crippen LogP contribution in [0.3, 0.4) is 0 Å². The van der Waals surface area contributed by atoms with Crippen LogP contribution in [0.15, 0.2) is 116 Å². The Bertz CT molecular complexity index is 1740. The Balaban J connectivity index is 0.00000226. The summed E-state index contributed by atoms with van der Waals surface area (Å²) in [5.41, 5.74) is 3.20. The predicted molar refractivity (Wildman–Crippen MR) is 205 cm³/mol. The molecule has 270 valence electrons. The molecule has 0 radical (unpaired) electrons. The number of carbonyl (C=O) groups excluding carboxylic acids is 3. The van der Waals surface area contributed by atoms with Gasteiger partial charge in [-0.05, 0) is 36.1 Å². The normalized spacial score (nSPS) is 13.1. The number of para-hydroxylation sites is 2. The molecule has 51 heavy (non-hydrogen) atoms. The average molecular weight is 731 g/mol. The lowest BCUT2D eigenvalue weighted by molar-refractivity contribution is -0.150. The van der Waals surface area contributed by atoms with Gasteiger partial charge in [0.15, 0.2) is 6.10 Å². The van der Waals surface area contributed by atoms with E-state index in [0.717, 1.165) is 22.3 Å². The van der Waals surface area contributed by atoms with Crippen LogP contribution < -0.4 is 9.47 Å². The van der Waals surface area contributed by atoms with E-state index in [1.807, 2.05) is 84.9 Å². The second-order valence-electron chi connectivity index (χ2n) is 11.4. The van der Waals surface area contributed by atoms with E-state index in [1.54, 1.807) is 52.5 Å². The van der Waals surface area contributed by atoms with Gasteiger partial charge < -0.3 is 28.1 Å². The van der Waals surface area contributed by atoms with Crippen molar-refractivity contribution in [1.82, 2.24) is 0 Å². The Hall–Kier alpha value is -4.61. The van der Waals surface area contributed by atoms with Gasteiger partial charge in [0.25, 0.3) is 0 Å². The maximum Gasteiger partial charge on any atom is 0.340 e. The number of rotatable bonds is 16. The number of hydrogen-bond donors (Lipinski definition) is 0. The van der Waals surface area contributed by atoms with E-state index in [1.165, 1.54) is 7.11 Å². The molecule has 0 fully saturated rings. The maximum atomic E-state index is 14.0. The summed E-state index contributed by atoms with van der Waals surface area (Å²) in [4.78, 5) is 40.4. The third-order valence-electron chi connectivity index (χ3n) is 7.58. The van der Waals surface area contributed by atoms with Crippen LogP contribution in [0.4, 0.5) is 0 Å². The standard InChI is InChI=1S/C38H40O8SSi.C2H6O/c1-5-47(48-43-4)26-44-35(38(41)46-34-23-15-13-21-32(34)29-18-10-7-11-19-29)25-30(24-27(2)36(39)42-3)37(40)45-33-22-14-12-20-31(33)28-16-8-6-9-17-28;1-3-2/h6-23,27,30,35H,1,24-26,48H2,2-4H3;1-2H3. The van der Waals surface area contributed by atoms with Gasteiger partial charge >= 0.3 is 17.9 Å². The molecule has 11 heteroatoms. The summed E-state index contributed by atoms with van der Waals surface area (Å²) in [6.45, 7) is 5.44. The summed E-state index contributed by atoms with van der Waals surface area (Å²) in [6.07, 6.45) is -1.24. The maximum absolute atomic E-state index is 14.0. The molecule has 0 aliphatic rings. The predicted octanol–water partition coefficient (Wildman–Crippen LogP) is 6.84. The molecule has 0 aromatic heterocycles. The Labute approximate surface area is 305 Å². The Morgan fingerprint density at radius 1 is 0.686 bits per heavy atom. The van der Waals surface area contributed by atoms with Crippen molar-refractivity contribution in [3.05, 3.63) is 116 Å². The van der Waals surface area contributed by atoms with E-state index < -0.39 is 54.7 Å².